The molecule has 2 unspecified atom stereocenters. The summed E-state index contributed by atoms with van der Waals surface area (Å²) in [5.74, 6) is -0.734. The van der Waals surface area contributed by atoms with Crippen LogP contribution in [-0.4, -0.2) is 52.7 Å². The number of imide groups is 1. The molecule has 156 valence electrons. The molecule has 0 spiro atoms. The maximum Gasteiger partial charge on any atom is 0.255 e. The van der Waals surface area contributed by atoms with Crippen molar-refractivity contribution in [3.05, 3.63) is 34.9 Å². The number of likely N-dealkylation sites (tertiary alicyclic amines) is 1. The zero-order chi connectivity index (χ0) is 20.4. The van der Waals surface area contributed by atoms with E-state index in [0.717, 1.165) is 38.0 Å². The summed E-state index contributed by atoms with van der Waals surface area (Å²) in [5, 5.41) is 2.35. The molecular formula is C22H30N4O3. The highest BCUT2D eigenvalue weighted by Gasteiger charge is 2.39. The first kappa shape index (κ1) is 20.0. The van der Waals surface area contributed by atoms with Crippen LogP contribution in [0.2, 0.25) is 0 Å². The lowest BCUT2D eigenvalue weighted by Crippen LogP contribution is -2.52. The molecule has 7 heteroatoms. The quantitative estimate of drug-likeness (QED) is 0.709. The summed E-state index contributed by atoms with van der Waals surface area (Å²) in [4.78, 5) is 40.6. The van der Waals surface area contributed by atoms with Crippen molar-refractivity contribution in [3.63, 3.8) is 0 Å². The van der Waals surface area contributed by atoms with E-state index < -0.39 is 6.04 Å². The average Bonchev–Trinajstić information content (AvgIpc) is 3.03. The second kappa shape index (κ2) is 8.63. The molecule has 3 aliphatic rings. The lowest BCUT2D eigenvalue weighted by molar-refractivity contribution is -0.136. The lowest BCUT2D eigenvalue weighted by Gasteiger charge is -2.36. The summed E-state index contributed by atoms with van der Waals surface area (Å²) in [6.45, 7) is 3.16. The van der Waals surface area contributed by atoms with E-state index in [-0.39, 0.29) is 24.1 Å². The van der Waals surface area contributed by atoms with E-state index in [9.17, 15) is 14.4 Å². The number of nitrogens with zero attached hydrogens (tertiary/aromatic N) is 2. The van der Waals surface area contributed by atoms with Crippen molar-refractivity contribution >= 4 is 17.7 Å². The van der Waals surface area contributed by atoms with Gasteiger partial charge in [0.25, 0.3) is 5.91 Å². The van der Waals surface area contributed by atoms with Crippen LogP contribution in [0.4, 0.5) is 0 Å². The minimum atomic E-state index is -0.557. The fourth-order valence-corrected chi connectivity index (χ4v) is 4.91. The Bertz CT molecular complexity index is 809. The number of amides is 3. The number of piperidine rings is 2. The third-order valence-electron chi connectivity index (χ3n) is 6.46. The fourth-order valence-electron chi connectivity index (χ4n) is 4.91. The molecule has 4 rings (SSSR count). The summed E-state index contributed by atoms with van der Waals surface area (Å²) < 4.78 is 0. The summed E-state index contributed by atoms with van der Waals surface area (Å²) in [7, 11) is 0. The number of nitrogens with two attached hydrogens (primary N) is 1. The minimum Gasteiger partial charge on any atom is -0.330 e. The number of carbonyl (C=O) groups excluding carboxylic acids is 3. The number of nitrogens with one attached hydrogen (secondary N) is 1. The first-order valence-electron chi connectivity index (χ1n) is 10.8. The fraction of sp³-hybridized carbons (Fsp3) is 0.591. The van der Waals surface area contributed by atoms with E-state index in [1.54, 1.807) is 4.90 Å². The monoisotopic (exact) mass is 398 g/mol. The molecule has 3 aliphatic heterocycles. The van der Waals surface area contributed by atoms with Gasteiger partial charge < -0.3 is 10.6 Å². The largest absolute Gasteiger partial charge is 0.330 e. The topological polar surface area (TPSA) is 95.7 Å². The Labute approximate surface area is 171 Å². The smallest absolute Gasteiger partial charge is 0.255 e. The Kier molecular flexibility index (Phi) is 5.96. The molecule has 7 nitrogen and oxygen atoms in total. The molecule has 2 fully saturated rings. The molecule has 2 atom stereocenters. The highest BCUT2D eigenvalue weighted by molar-refractivity contribution is 6.05. The van der Waals surface area contributed by atoms with Crippen LogP contribution < -0.4 is 11.1 Å². The van der Waals surface area contributed by atoms with Gasteiger partial charge in [-0.3, -0.25) is 24.6 Å². The number of rotatable bonds is 6. The molecule has 2 saturated heterocycles. The number of hydrogen-bond donors (Lipinski definition) is 2. The van der Waals surface area contributed by atoms with Gasteiger partial charge >= 0.3 is 0 Å². The Balaban J connectivity index is 1.46. The maximum absolute atomic E-state index is 12.8. The van der Waals surface area contributed by atoms with Gasteiger partial charge in [0.15, 0.2) is 0 Å². The van der Waals surface area contributed by atoms with Crippen LogP contribution in [0.25, 0.3) is 0 Å². The van der Waals surface area contributed by atoms with E-state index in [4.69, 9.17) is 5.73 Å². The third-order valence-corrected chi connectivity index (χ3v) is 6.46. The lowest BCUT2D eigenvalue weighted by atomic mass is 9.96. The van der Waals surface area contributed by atoms with Crippen LogP contribution in [0.5, 0.6) is 0 Å². The molecule has 0 bridgehead atoms. The van der Waals surface area contributed by atoms with Crippen molar-refractivity contribution in [2.75, 3.05) is 13.1 Å². The Morgan fingerprint density at radius 1 is 1.14 bits per heavy atom. The summed E-state index contributed by atoms with van der Waals surface area (Å²) in [5.41, 5.74) is 8.57. The van der Waals surface area contributed by atoms with Crippen LogP contribution in [0, 0.1) is 0 Å². The second-order valence-electron chi connectivity index (χ2n) is 8.44. The van der Waals surface area contributed by atoms with Crippen LogP contribution in [0.15, 0.2) is 18.2 Å². The van der Waals surface area contributed by atoms with Gasteiger partial charge in [0.1, 0.15) is 6.04 Å². The van der Waals surface area contributed by atoms with Gasteiger partial charge in [0.2, 0.25) is 11.8 Å². The van der Waals surface area contributed by atoms with Crippen molar-refractivity contribution in [1.82, 2.24) is 15.1 Å². The zero-order valence-corrected chi connectivity index (χ0v) is 16.9. The average molecular weight is 399 g/mol. The van der Waals surface area contributed by atoms with Gasteiger partial charge in [0, 0.05) is 31.1 Å². The summed E-state index contributed by atoms with van der Waals surface area (Å²) in [6, 6.07) is 6.09. The molecule has 0 aliphatic carbocycles. The summed E-state index contributed by atoms with van der Waals surface area (Å²) in [6.07, 6.45) is 6.61. The van der Waals surface area contributed by atoms with Crippen molar-refractivity contribution in [1.29, 1.82) is 0 Å². The van der Waals surface area contributed by atoms with Gasteiger partial charge in [-0.15, -0.1) is 0 Å². The van der Waals surface area contributed by atoms with Crippen LogP contribution in [0.1, 0.15) is 66.4 Å². The van der Waals surface area contributed by atoms with E-state index in [0.29, 0.717) is 24.6 Å². The van der Waals surface area contributed by atoms with Crippen LogP contribution >= 0.6 is 0 Å². The normalized spacial score (nSPS) is 25.3. The van der Waals surface area contributed by atoms with Crippen molar-refractivity contribution in [3.8, 4) is 0 Å². The molecule has 1 aromatic rings. The minimum absolute atomic E-state index is 0.111. The number of carbonyl (C=O) groups is 3. The van der Waals surface area contributed by atoms with E-state index >= 15 is 0 Å². The molecule has 0 radical (unpaired) electrons. The Hall–Kier alpha value is -2.25. The molecule has 3 amide bonds. The molecule has 3 N–H and O–H groups in total. The van der Waals surface area contributed by atoms with Gasteiger partial charge in [-0.2, -0.15) is 0 Å². The molecule has 1 aromatic carbocycles. The second-order valence-corrected chi connectivity index (χ2v) is 8.44. The van der Waals surface area contributed by atoms with Crippen molar-refractivity contribution in [2.24, 2.45) is 5.73 Å². The number of hydrogen-bond acceptors (Lipinski definition) is 5. The van der Waals surface area contributed by atoms with E-state index in [2.05, 4.69) is 16.3 Å². The van der Waals surface area contributed by atoms with Gasteiger partial charge in [-0.1, -0.05) is 18.6 Å². The predicted molar refractivity (Wildman–Crippen MR) is 109 cm³/mol. The van der Waals surface area contributed by atoms with Crippen molar-refractivity contribution < 1.29 is 14.4 Å². The van der Waals surface area contributed by atoms with Gasteiger partial charge in [-0.25, -0.2) is 0 Å². The number of benzene rings is 1. The molecule has 3 heterocycles. The molecular weight excluding hydrogens is 368 g/mol. The van der Waals surface area contributed by atoms with E-state index in [1.807, 2.05) is 12.1 Å². The zero-order valence-electron chi connectivity index (χ0n) is 16.9. The predicted octanol–water partition coefficient (Wildman–Crippen LogP) is 1.54. The van der Waals surface area contributed by atoms with Gasteiger partial charge in [-0.05, 0) is 62.4 Å². The molecule has 0 aromatic heterocycles. The first-order valence-corrected chi connectivity index (χ1v) is 10.8. The summed E-state index contributed by atoms with van der Waals surface area (Å²) >= 11 is 0. The Morgan fingerprint density at radius 3 is 2.79 bits per heavy atom. The standard InChI is InChI=1S/C22H30N4O3/c23-10-3-5-17-4-1-2-11-25(17)13-15-6-7-18-16(12-15)14-26(22(18)29)19-8-9-20(27)24-21(19)28/h6-7,12,17,19H,1-5,8-11,13-14,23H2,(H,24,27,28). The van der Waals surface area contributed by atoms with Crippen LogP contribution in [-0.2, 0) is 22.7 Å². The number of fused-ring (bicyclic) bond motifs is 1. The van der Waals surface area contributed by atoms with Gasteiger partial charge in [0.05, 0.1) is 0 Å². The maximum atomic E-state index is 12.8. The van der Waals surface area contributed by atoms with Crippen LogP contribution in [0.3, 0.4) is 0 Å². The first-order chi connectivity index (χ1) is 14.1. The van der Waals surface area contributed by atoms with Crippen molar-refractivity contribution in [2.45, 2.75) is 70.1 Å². The Morgan fingerprint density at radius 2 is 2.00 bits per heavy atom. The third kappa shape index (κ3) is 4.21. The molecule has 0 saturated carbocycles. The SMILES string of the molecule is NCCCC1CCCCN1Cc1ccc2c(c1)CN(C1CCC(=O)NC1=O)C2=O. The molecule has 29 heavy (non-hydrogen) atoms. The van der Waals surface area contributed by atoms with E-state index in [1.165, 1.54) is 24.8 Å². The highest BCUT2D eigenvalue weighted by Crippen LogP contribution is 2.29. The highest BCUT2D eigenvalue weighted by atomic mass is 16.2.